The minimum Gasteiger partial charge on any atom is -0.355 e. The molecule has 140 valence electrons. The molecule has 1 fully saturated rings. The first kappa shape index (κ1) is 19.7. The third-order valence-electron chi connectivity index (χ3n) is 4.67. The second-order valence-corrected chi connectivity index (χ2v) is 6.53. The zero-order chi connectivity index (χ0) is 19.0. The normalized spacial score (nSPS) is 16.1. The van der Waals surface area contributed by atoms with Gasteiger partial charge in [-0.25, -0.2) is 0 Å². The Morgan fingerprint density at radius 2 is 1.73 bits per heavy atom. The summed E-state index contributed by atoms with van der Waals surface area (Å²) in [6.07, 6.45) is 7.40. The van der Waals surface area contributed by atoms with Crippen LogP contribution in [0.25, 0.3) is 6.08 Å². The van der Waals surface area contributed by atoms with Gasteiger partial charge in [-0.05, 0) is 43.5 Å². The zero-order valence-electron chi connectivity index (χ0n) is 15.4. The van der Waals surface area contributed by atoms with E-state index in [9.17, 15) is 14.4 Å². The van der Waals surface area contributed by atoms with Crippen molar-refractivity contribution in [2.45, 2.75) is 44.6 Å². The Morgan fingerprint density at radius 3 is 2.31 bits per heavy atom. The van der Waals surface area contributed by atoms with Gasteiger partial charge in [0.15, 0.2) is 0 Å². The summed E-state index contributed by atoms with van der Waals surface area (Å²) in [6, 6.07) is 6.95. The van der Waals surface area contributed by atoms with Crippen LogP contribution in [0.2, 0.25) is 0 Å². The average molecular weight is 357 g/mol. The number of carbonyl (C=O) groups is 3. The predicted octanol–water partition coefficient (Wildman–Crippen LogP) is 2.01. The van der Waals surface area contributed by atoms with Crippen LogP contribution in [0.4, 0.5) is 0 Å². The first-order valence-electron chi connectivity index (χ1n) is 9.11. The smallest absolute Gasteiger partial charge is 0.251 e. The molecule has 1 aliphatic carbocycles. The number of nitrogens with one attached hydrogen (secondary N) is 3. The van der Waals surface area contributed by atoms with E-state index in [-0.39, 0.29) is 17.7 Å². The maximum Gasteiger partial charge on any atom is 0.251 e. The van der Waals surface area contributed by atoms with E-state index in [0.29, 0.717) is 24.9 Å². The van der Waals surface area contributed by atoms with Gasteiger partial charge in [-0.2, -0.15) is 0 Å². The minimum absolute atomic E-state index is 0.101. The largest absolute Gasteiger partial charge is 0.355 e. The fourth-order valence-electron chi connectivity index (χ4n) is 3.23. The van der Waals surface area contributed by atoms with Crippen molar-refractivity contribution in [1.82, 2.24) is 16.0 Å². The summed E-state index contributed by atoms with van der Waals surface area (Å²) in [4.78, 5) is 36.4. The van der Waals surface area contributed by atoms with Gasteiger partial charge in [0, 0.05) is 25.2 Å². The van der Waals surface area contributed by atoms with Crippen LogP contribution in [-0.2, 0) is 9.59 Å². The molecule has 0 aliphatic heterocycles. The summed E-state index contributed by atoms with van der Waals surface area (Å²) in [5, 5.41) is 8.33. The summed E-state index contributed by atoms with van der Waals surface area (Å²) < 4.78 is 0. The molecule has 6 nitrogen and oxygen atoms in total. The van der Waals surface area contributed by atoms with Gasteiger partial charge in [-0.1, -0.05) is 31.4 Å². The van der Waals surface area contributed by atoms with E-state index in [1.165, 1.54) is 6.08 Å². The maximum atomic E-state index is 12.5. The third kappa shape index (κ3) is 4.94. The van der Waals surface area contributed by atoms with Crippen LogP contribution in [0.15, 0.2) is 30.3 Å². The van der Waals surface area contributed by atoms with Crippen LogP contribution >= 0.6 is 0 Å². The molecular formula is C20H27N3O3. The van der Waals surface area contributed by atoms with Crippen LogP contribution in [0.5, 0.6) is 0 Å². The van der Waals surface area contributed by atoms with Crippen LogP contribution in [0.1, 0.15) is 54.9 Å². The Morgan fingerprint density at radius 1 is 1.08 bits per heavy atom. The Hall–Kier alpha value is -2.63. The van der Waals surface area contributed by atoms with Crippen molar-refractivity contribution >= 4 is 23.8 Å². The van der Waals surface area contributed by atoms with E-state index in [2.05, 4.69) is 16.0 Å². The molecule has 0 unspecified atom stereocenters. The number of rotatable bonds is 6. The Kier molecular flexibility index (Phi) is 6.95. The first-order chi connectivity index (χ1) is 12.5. The van der Waals surface area contributed by atoms with Crippen molar-refractivity contribution < 1.29 is 14.4 Å². The lowest BCUT2D eigenvalue weighted by Gasteiger charge is -2.36. The summed E-state index contributed by atoms with van der Waals surface area (Å²) in [5.41, 5.74) is 0.564. The molecule has 0 aromatic heterocycles. The Balaban J connectivity index is 2.04. The molecule has 6 heteroatoms. The first-order valence-corrected chi connectivity index (χ1v) is 9.11. The number of likely N-dealkylation sites (N-methyl/N-ethyl adjacent to an activating group) is 1. The second kappa shape index (κ2) is 9.17. The van der Waals surface area contributed by atoms with Gasteiger partial charge in [-0.3, -0.25) is 14.4 Å². The number of hydrogen-bond acceptors (Lipinski definition) is 3. The van der Waals surface area contributed by atoms with Gasteiger partial charge < -0.3 is 16.0 Å². The highest BCUT2D eigenvalue weighted by Crippen LogP contribution is 2.28. The summed E-state index contributed by atoms with van der Waals surface area (Å²) >= 11 is 0. The highest BCUT2D eigenvalue weighted by molar-refractivity contribution is 5.98. The summed E-state index contributed by atoms with van der Waals surface area (Å²) in [5.74, 6) is -0.538. The van der Waals surface area contributed by atoms with Gasteiger partial charge in [-0.15, -0.1) is 0 Å². The molecule has 1 aromatic rings. The van der Waals surface area contributed by atoms with E-state index in [1.54, 1.807) is 37.4 Å². The molecular weight excluding hydrogens is 330 g/mol. The molecule has 0 radical (unpaired) electrons. The SMILES string of the molecule is CCNC(=O)C1(NC(=O)C=Cc2ccc(C(=O)NC)cc2)CCCCC1. The van der Waals surface area contributed by atoms with Crippen LogP contribution in [0, 0.1) is 0 Å². The molecule has 26 heavy (non-hydrogen) atoms. The second-order valence-electron chi connectivity index (χ2n) is 6.53. The molecule has 0 saturated heterocycles. The van der Waals surface area contributed by atoms with Crippen molar-refractivity contribution in [1.29, 1.82) is 0 Å². The Labute approximate surface area is 154 Å². The van der Waals surface area contributed by atoms with Gasteiger partial charge in [0.05, 0.1) is 0 Å². The molecule has 3 N–H and O–H groups in total. The number of carbonyl (C=O) groups excluding carboxylic acids is 3. The van der Waals surface area contributed by atoms with E-state index >= 15 is 0 Å². The molecule has 0 spiro atoms. The topological polar surface area (TPSA) is 87.3 Å². The van der Waals surface area contributed by atoms with Crippen molar-refractivity contribution in [2.75, 3.05) is 13.6 Å². The van der Waals surface area contributed by atoms with E-state index in [4.69, 9.17) is 0 Å². The highest BCUT2D eigenvalue weighted by atomic mass is 16.2. The average Bonchev–Trinajstić information content (AvgIpc) is 2.67. The third-order valence-corrected chi connectivity index (χ3v) is 4.67. The molecule has 0 bridgehead atoms. The Bertz CT molecular complexity index is 674. The minimum atomic E-state index is -0.807. The van der Waals surface area contributed by atoms with Crippen LogP contribution in [-0.4, -0.2) is 36.9 Å². The van der Waals surface area contributed by atoms with Crippen molar-refractivity contribution in [3.8, 4) is 0 Å². The lowest BCUT2D eigenvalue weighted by atomic mass is 9.80. The van der Waals surface area contributed by atoms with Crippen molar-refractivity contribution in [3.63, 3.8) is 0 Å². The fraction of sp³-hybridized carbons (Fsp3) is 0.450. The molecule has 1 saturated carbocycles. The number of benzene rings is 1. The molecule has 3 amide bonds. The van der Waals surface area contributed by atoms with Gasteiger partial charge in [0.25, 0.3) is 5.91 Å². The van der Waals surface area contributed by atoms with Crippen molar-refractivity contribution in [2.24, 2.45) is 0 Å². The molecule has 2 rings (SSSR count). The van der Waals surface area contributed by atoms with E-state index in [1.807, 2.05) is 6.92 Å². The summed E-state index contributed by atoms with van der Waals surface area (Å²) in [7, 11) is 1.58. The van der Waals surface area contributed by atoms with Gasteiger partial charge in [0.2, 0.25) is 11.8 Å². The zero-order valence-corrected chi connectivity index (χ0v) is 15.4. The molecule has 1 aromatic carbocycles. The lowest BCUT2D eigenvalue weighted by molar-refractivity contribution is -0.133. The highest BCUT2D eigenvalue weighted by Gasteiger charge is 2.40. The van der Waals surface area contributed by atoms with Crippen molar-refractivity contribution in [3.05, 3.63) is 41.5 Å². The summed E-state index contributed by atoms with van der Waals surface area (Å²) in [6.45, 7) is 2.42. The quantitative estimate of drug-likeness (QED) is 0.681. The monoisotopic (exact) mass is 357 g/mol. The van der Waals surface area contributed by atoms with Gasteiger partial charge in [0.1, 0.15) is 5.54 Å². The van der Waals surface area contributed by atoms with Crippen LogP contribution in [0.3, 0.4) is 0 Å². The van der Waals surface area contributed by atoms with Gasteiger partial charge >= 0.3 is 0 Å². The standard InChI is InChI=1S/C20H27N3O3/c1-3-22-19(26)20(13-5-4-6-14-20)23-17(24)12-9-15-7-10-16(11-8-15)18(25)21-2/h7-12H,3-6,13-14H2,1-2H3,(H,21,25)(H,22,26)(H,23,24). The molecule has 0 heterocycles. The maximum absolute atomic E-state index is 12.5. The van der Waals surface area contributed by atoms with E-state index in [0.717, 1.165) is 24.8 Å². The van der Waals surface area contributed by atoms with E-state index < -0.39 is 5.54 Å². The number of amides is 3. The predicted molar refractivity (Wildman–Crippen MR) is 102 cm³/mol. The molecule has 1 aliphatic rings. The fourth-order valence-corrected chi connectivity index (χ4v) is 3.23. The lowest BCUT2D eigenvalue weighted by Crippen LogP contribution is -2.59. The van der Waals surface area contributed by atoms with Crippen LogP contribution < -0.4 is 16.0 Å². The number of hydrogen-bond donors (Lipinski definition) is 3. The molecule has 0 atom stereocenters.